The minimum absolute atomic E-state index is 0.295. The smallest absolute Gasteiger partial charge is 0.303 e. The maximum atomic E-state index is 10.5. The summed E-state index contributed by atoms with van der Waals surface area (Å²) < 4.78 is 0. The van der Waals surface area contributed by atoms with Crippen LogP contribution in [0.1, 0.15) is 37.9 Å². The van der Waals surface area contributed by atoms with Crippen LogP contribution < -0.4 is 0 Å². The molecule has 0 aromatic carbocycles. The molecule has 1 aliphatic heterocycles. The molecule has 0 radical (unpaired) electrons. The number of aliphatic carboxylic acids is 1. The van der Waals surface area contributed by atoms with Crippen molar-refractivity contribution in [2.45, 2.75) is 32.2 Å². The Bertz CT molecular complexity index is 367. The van der Waals surface area contributed by atoms with Gasteiger partial charge < -0.3 is 5.11 Å². The predicted molar refractivity (Wildman–Crippen MR) is 67.1 cm³/mol. The number of carboxylic acids is 1. The lowest BCUT2D eigenvalue weighted by Crippen LogP contribution is -2.24. The molecule has 0 amide bonds. The van der Waals surface area contributed by atoms with E-state index in [9.17, 15) is 4.79 Å². The van der Waals surface area contributed by atoms with E-state index in [4.69, 9.17) is 5.11 Å². The number of carboxylic acid groups (broad SMARTS) is 1. The number of hydrogen-bond acceptors (Lipinski definition) is 4. The second-order valence-electron chi connectivity index (χ2n) is 4.67. The molecule has 4 nitrogen and oxygen atoms in total. The van der Waals surface area contributed by atoms with Gasteiger partial charge in [-0.2, -0.15) is 0 Å². The van der Waals surface area contributed by atoms with Crippen LogP contribution in [0.4, 0.5) is 0 Å². The highest BCUT2D eigenvalue weighted by Gasteiger charge is 2.27. The molecule has 1 aromatic heterocycles. The molecule has 0 aliphatic carbocycles. The molecule has 94 valence electrons. The third kappa shape index (κ3) is 3.26. The summed E-state index contributed by atoms with van der Waals surface area (Å²) >= 11 is 1.63. The van der Waals surface area contributed by atoms with Crippen LogP contribution in [0.25, 0.3) is 0 Å². The zero-order valence-electron chi connectivity index (χ0n) is 10.0. The number of thiazole rings is 1. The Labute approximate surface area is 105 Å². The first kappa shape index (κ1) is 12.5. The minimum Gasteiger partial charge on any atom is -0.481 e. The maximum absolute atomic E-state index is 10.5. The molecule has 17 heavy (non-hydrogen) atoms. The van der Waals surface area contributed by atoms with Crippen molar-refractivity contribution >= 4 is 17.3 Å². The molecule has 2 rings (SSSR count). The van der Waals surface area contributed by atoms with E-state index in [1.807, 2.05) is 5.51 Å². The summed E-state index contributed by atoms with van der Waals surface area (Å²) in [5.74, 6) is -0.150. The molecular weight excluding hydrogens is 236 g/mol. The van der Waals surface area contributed by atoms with E-state index < -0.39 is 5.97 Å². The molecule has 2 heterocycles. The Kier molecular flexibility index (Phi) is 4.12. The molecular formula is C12H18N2O2S. The highest BCUT2D eigenvalue weighted by molar-refractivity contribution is 7.07. The third-order valence-electron chi connectivity index (χ3n) is 3.51. The van der Waals surface area contributed by atoms with Crippen LogP contribution in [0.15, 0.2) is 10.9 Å². The fraction of sp³-hybridized carbons (Fsp3) is 0.667. The summed E-state index contributed by atoms with van der Waals surface area (Å²) in [6.45, 7) is 4.24. The number of rotatable bonds is 5. The SMILES string of the molecule is CC(c1cscn1)N1CCC(CCC(=O)O)C1. The molecule has 2 unspecified atom stereocenters. The number of aromatic nitrogens is 1. The summed E-state index contributed by atoms with van der Waals surface area (Å²) in [5.41, 5.74) is 3.00. The number of carbonyl (C=O) groups is 1. The van der Waals surface area contributed by atoms with Crippen LogP contribution in [0, 0.1) is 5.92 Å². The second kappa shape index (κ2) is 5.60. The average Bonchev–Trinajstić information content (AvgIpc) is 2.97. The average molecular weight is 254 g/mol. The second-order valence-corrected chi connectivity index (χ2v) is 5.39. The van der Waals surface area contributed by atoms with Crippen molar-refractivity contribution in [1.29, 1.82) is 0 Å². The van der Waals surface area contributed by atoms with Crippen molar-refractivity contribution < 1.29 is 9.90 Å². The summed E-state index contributed by atoms with van der Waals surface area (Å²) in [6, 6.07) is 0.357. The number of likely N-dealkylation sites (tertiary alicyclic amines) is 1. The monoisotopic (exact) mass is 254 g/mol. The number of nitrogens with zero attached hydrogens (tertiary/aromatic N) is 2. The fourth-order valence-corrected chi connectivity index (χ4v) is 3.03. The maximum Gasteiger partial charge on any atom is 0.303 e. The van der Waals surface area contributed by atoms with E-state index in [0.717, 1.165) is 31.6 Å². The molecule has 0 saturated carbocycles. The van der Waals surface area contributed by atoms with Crippen molar-refractivity contribution in [1.82, 2.24) is 9.88 Å². The van der Waals surface area contributed by atoms with Crippen molar-refractivity contribution in [3.05, 3.63) is 16.6 Å². The molecule has 0 bridgehead atoms. The molecule has 0 spiro atoms. The van der Waals surface area contributed by atoms with Crippen LogP contribution >= 0.6 is 11.3 Å². The Morgan fingerprint density at radius 1 is 1.76 bits per heavy atom. The van der Waals surface area contributed by atoms with Gasteiger partial charge in [-0.3, -0.25) is 9.69 Å². The topological polar surface area (TPSA) is 53.4 Å². The first-order valence-electron chi connectivity index (χ1n) is 6.00. The van der Waals surface area contributed by atoms with Gasteiger partial charge in [-0.15, -0.1) is 11.3 Å². The minimum atomic E-state index is -0.684. The quantitative estimate of drug-likeness (QED) is 0.876. The van der Waals surface area contributed by atoms with Crippen molar-refractivity contribution in [3.63, 3.8) is 0 Å². The molecule has 1 aromatic rings. The third-order valence-corrected chi connectivity index (χ3v) is 4.12. The molecule has 2 atom stereocenters. The lowest BCUT2D eigenvalue weighted by molar-refractivity contribution is -0.137. The van der Waals surface area contributed by atoms with Crippen molar-refractivity contribution in [2.75, 3.05) is 13.1 Å². The van der Waals surface area contributed by atoms with E-state index in [1.165, 1.54) is 0 Å². The van der Waals surface area contributed by atoms with E-state index in [0.29, 0.717) is 18.4 Å². The van der Waals surface area contributed by atoms with E-state index in [2.05, 4.69) is 22.2 Å². The van der Waals surface area contributed by atoms with Crippen molar-refractivity contribution in [3.8, 4) is 0 Å². The van der Waals surface area contributed by atoms with Crippen LogP contribution in [0.3, 0.4) is 0 Å². The van der Waals surface area contributed by atoms with Gasteiger partial charge in [-0.05, 0) is 32.2 Å². The Balaban J connectivity index is 1.83. The first-order valence-corrected chi connectivity index (χ1v) is 6.95. The summed E-state index contributed by atoms with van der Waals surface area (Å²) in [6.07, 6.45) is 2.21. The molecule has 1 N–H and O–H groups in total. The van der Waals surface area contributed by atoms with Crippen LogP contribution in [-0.4, -0.2) is 34.0 Å². The highest BCUT2D eigenvalue weighted by atomic mass is 32.1. The zero-order chi connectivity index (χ0) is 12.3. The van der Waals surface area contributed by atoms with Gasteiger partial charge in [-0.1, -0.05) is 0 Å². The van der Waals surface area contributed by atoms with Crippen LogP contribution in [0.5, 0.6) is 0 Å². The largest absolute Gasteiger partial charge is 0.481 e. The predicted octanol–water partition coefficient (Wildman–Crippen LogP) is 2.39. The molecule has 5 heteroatoms. The zero-order valence-corrected chi connectivity index (χ0v) is 10.8. The Hall–Kier alpha value is -0.940. The lowest BCUT2D eigenvalue weighted by atomic mass is 10.0. The van der Waals surface area contributed by atoms with E-state index >= 15 is 0 Å². The van der Waals surface area contributed by atoms with Gasteiger partial charge in [0.15, 0.2) is 0 Å². The number of hydrogen-bond donors (Lipinski definition) is 1. The molecule has 1 saturated heterocycles. The Morgan fingerprint density at radius 3 is 3.24 bits per heavy atom. The van der Waals surface area contributed by atoms with Crippen LogP contribution in [0.2, 0.25) is 0 Å². The van der Waals surface area contributed by atoms with Gasteiger partial charge in [0.2, 0.25) is 0 Å². The molecule has 1 fully saturated rings. The van der Waals surface area contributed by atoms with E-state index in [1.54, 1.807) is 11.3 Å². The lowest BCUT2D eigenvalue weighted by Gasteiger charge is -2.22. The normalized spacial score (nSPS) is 22.8. The van der Waals surface area contributed by atoms with Crippen LogP contribution in [-0.2, 0) is 4.79 Å². The van der Waals surface area contributed by atoms with Gasteiger partial charge in [-0.25, -0.2) is 4.98 Å². The summed E-state index contributed by atoms with van der Waals surface area (Å²) in [7, 11) is 0. The van der Waals surface area contributed by atoms with Gasteiger partial charge >= 0.3 is 5.97 Å². The standard InChI is InChI=1S/C12H18N2O2S/c1-9(11-7-17-8-13-11)14-5-4-10(6-14)2-3-12(15)16/h7-10H,2-6H2,1H3,(H,15,16). The highest BCUT2D eigenvalue weighted by Crippen LogP contribution is 2.29. The first-order chi connectivity index (χ1) is 8.16. The van der Waals surface area contributed by atoms with Crippen molar-refractivity contribution in [2.24, 2.45) is 5.92 Å². The fourth-order valence-electron chi connectivity index (χ4n) is 2.39. The van der Waals surface area contributed by atoms with Gasteiger partial charge in [0.1, 0.15) is 0 Å². The Morgan fingerprint density at radius 2 is 2.59 bits per heavy atom. The van der Waals surface area contributed by atoms with Gasteiger partial charge in [0.25, 0.3) is 0 Å². The van der Waals surface area contributed by atoms with Gasteiger partial charge in [0, 0.05) is 18.3 Å². The van der Waals surface area contributed by atoms with Gasteiger partial charge in [0.05, 0.1) is 17.2 Å². The van der Waals surface area contributed by atoms with E-state index in [-0.39, 0.29) is 0 Å². The summed E-state index contributed by atoms with van der Waals surface area (Å²) in [4.78, 5) is 17.3. The molecule has 1 aliphatic rings. The summed E-state index contributed by atoms with van der Waals surface area (Å²) in [5, 5.41) is 10.8.